The first kappa shape index (κ1) is 25.4. The van der Waals surface area contributed by atoms with E-state index in [0.717, 1.165) is 10.1 Å². The fourth-order valence-electron chi connectivity index (χ4n) is 4.09. The minimum Gasteiger partial charge on any atom is -0.482 e. The molecular formula is C27H27N5O5. The monoisotopic (exact) mass is 501 g/mol. The van der Waals surface area contributed by atoms with Crippen molar-refractivity contribution in [1.82, 2.24) is 19.8 Å². The Morgan fingerprint density at radius 3 is 2.57 bits per heavy atom. The van der Waals surface area contributed by atoms with Crippen LogP contribution in [0.3, 0.4) is 0 Å². The van der Waals surface area contributed by atoms with Gasteiger partial charge in [-0.3, -0.25) is 23.7 Å². The predicted molar refractivity (Wildman–Crippen MR) is 141 cm³/mol. The topological polar surface area (TPSA) is 114 Å². The number of anilines is 1. The van der Waals surface area contributed by atoms with Crippen LogP contribution in [-0.4, -0.2) is 58.9 Å². The quantitative estimate of drug-likeness (QED) is 0.498. The molecule has 1 aliphatic heterocycles. The van der Waals surface area contributed by atoms with E-state index in [2.05, 4.69) is 23.5 Å². The number of amides is 3. The highest BCUT2D eigenvalue weighted by Crippen LogP contribution is 2.36. The van der Waals surface area contributed by atoms with Gasteiger partial charge >= 0.3 is 0 Å². The van der Waals surface area contributed by atoms with Gasteiger partial charge in [0, 0.05) is 25.7 Å². The summed E-state index contributed by atoms with van der Waals surface area (Å²) >= 11 is 0. The average Bonchev–Trinajstić information content (AvgIpc) is 2.91. The highest BCUT2D eigenvalue weighted by molar-refractivity contribution is 6.15. The van der Waals surface area contributed by atoms with E-state index < -0.39 is 17.4 Å². The van der Waals surface area contributed by atoms with Crippen molar-refractivity contribution in [2.45, 2.75) is 13.8 Å². The third-order valence-electron chi connectivity index (χ3n) is 6.27. The molecule has 0 saturated heterocycles. The fourth-order valence-corrected chi connectivity index (χ4v) is 4.09. The van der Waals surface area contributed by atoms with Crippen LogP contribution in [-0.2, 0) is 14.4 Å². The van der Waals surface area contributed by atoms with Gasteiger partial charge in [-0.2, -0.15) is 0 Å². The Bertz CT molecular complexity index is 1520. The first-order valence-corrected chi connectivity index (χ1v) is 11.7. The number of hydrogen-bond acceptors (Lipinski definition) is 6. The Morgan fingerprint density at radius 1 is 1.14 bits per heavy atom. The number of benzene rings is 2. The van der Waals surface area contributed by atoms with E-state index in [1.807, 2.05) is 26.0 Å². The molecule has 10 heteroatoms. The van der Waals surface area contributed by atoms with Crippen molar-refractivity contribution in [1.29, 1.82) is 0 Å². The van der Waals surface area contributed by atoms with Gasteiger partial charge in [0.25, 0.3) is 23.3 Å². The first-order chi connectivity index (χ1) is 17.7. The maximum Gasteiger partial charge on any atom is 0.272 e. The predicted octanol–water partition coefficient (Wildman–Crippen LogP) is 2.39. The van der Waals surface area contributed by atoms with Crippen LogP contribution in [0.1, 0.15) is 13.8 Å². The third-order valence-corrected chi connectivity index (χ3v) is 6.27. The van der Waals surface area contributed by atoms with Gasteiger partial charge in [-0.25, -0.2) is 4.98 Å². The van der Waals surface area contributed by atoms with Crippen molar-refractivity contribution >= 4 is 40.0 Å². The average molecular weight is 502 g/mol. The minimum absolute atomic E-state index is 0.0212. The lowest BCUT2D eigenvalue weighted by atomic mass is 10.0. The van der Waals surface area contributed by atoms with E-state index in [1.54, 1.807) is 31.3 Å². The molecule has 10 nitrogen and oxygen atoms in total. The van der Waals surface area contributed by atoms with E-state index in [1.165, 1.54) is 16.1 Å². The lowest BCUT2D eigenvalue weighted by Gasteiger charge is -2.26. The summed E-state index contributed by atoms with van der Waals surface area (Å²) in [7, 11) is 1.67. The molecule has 3 aromatic rings. The zero-order valence-electron chi connectivity index (χ0n) is 20.9. The van der Waals surface area contributed by atoms with Crippen LogP contribution in [0.5, 0.6) is 5.75 Å². The molecule has 1 aromatic heterocycles. The van der Waals surface area contributed by atoms with Crippen molar-refractivity contribution in [2.75, 3.05) is 31.6 Å². The maximum atomic E-state index is 13.3. The molecule has 0 saturated carbocycles. The van der Waals surface area contributed by atoms with Gasteiger partial charge in [0.1, 0.15) is 17.8 Å². The summed E-state index contributed by atoms with van der Waals surface area (Å²) in [5.41, 5.74) is 1.63. The highest BCUT2D eigenvalue weighted by atomic mass is 16.5. The number of ether oxygens (including phenoxy) is 1. The summed E-state index contributed by atoms with van der Waals surface area (Å²) in [4.78, 5) is 58.0. The van der Waals surface area contributed by atoms with Gasteiger partial charge in [-0.1, -0.05) is 31.4 Å². The molecule has 0 spiro atoms. The molecule has 1 aliphatic rings. The molecule has 2 aromatic carbocycles. The van der Waals surface area contributed by atoms with Gasteiger partial charge in [-0.15, -0.1) is 0 Å². The zero-order valence-corrected chi connectivity index (χ0v) is 20.9. The smallest absolute Gasteiger partial charge is 0.272 e. The highest BCUT2D eigenvalue weighted by Gasteiger charge is 2.24. The second-order valence-corrected chi connectivity index (χ2v) is 8.40. The molecule has 4 rings (SSSR count). The molecule has 37 heavy (non-hydrogen) atoms. The fraction of sp³-hybridized carbons (Fsp3) is 0.222. The van der Waals surface area contributed by atoms with Crippen LogP contribution in [0.15, 0.2) is 66.4 Å². The van der Waals surface area contributed by atoms with E-state index in [4.69, 9.17) is 4.74 Å². The number of para-hydroxylation sites is 1. The van der Waals surface area contributed by atoms with E-state index in [-0.39, 0.29) is 29.3 Å². The zero-order chi connectivity index (χ0) is 26.9. The number of aromatic nitrogens is 2. The number of rotatable bonds is 7. The number of carbonyl (C=O) groups is 3. The molecule has 0 aliphatic carbocycles. The molecule has 0 unspecified atom stereocenters. The van der Waals surface area contributed by atoms with Gasteiger partial charge < -0.3 is 19.9 Å². The Labute approximate surface area is 213 Å². The van der Waals surface area contributed by atoms with Crippen LogP contribution >= 0.6 is 0 Å². The van der Waals surface area contributed by atoms with Crippen LogP contribution in [0.4, 0.5) is 5.69 Å². The molecule has 1 N–H and O–H groups in total. The van der Waals surface area contributed by atoms with E-state index >= 15 is 0 Å². The maximum absolute atomic E-state index is 13.3. The minimum atomic E-state index is -0.743. The molecule has 190 valence electrons. The number of nitrogens with zero attached hydrogens (tertiary/aromatic N) is 4. The molecule has 0 radical (unpaired) electrons. The van der Waals surface area contributed by atoms with Crippen molar-refractivity contribution in [2.24, 2.45) is 0 Å². The van der Waals surface area contributed by atoms with E-state index in [9.17, 15) is 19.2 Å². The van der Waals surface area contributed by atoms with Gasteiger partial charge in [0.15, 0.2) is 6.61 Å². The third kappa shape index (κ3) is 4.61. The number of hydrogen-bond donors (Lipinski definition) is 1. The SMILES string of the molecule is C=C(NC(=O)C(=C)n1cnc2c(-c3ccc4c(c3)N(C)C(=O)CO4)cccc2c1=O)C(=O)N(CC)CC. The van der Waals surface area contributed by atoms with Gasteiger partial charge in [0.05, 0.1) is 22.3 Å². The number of fused-ring (bicyclic) bond motifs is 2. The summed E-state index contributed by atoms with van der Waals surface area (Å²) < 4.78 is 6.53. The van der Waals surface area contributed by atoms with E-state index in [0.29, 0.717) is 35.6 Å². The van der Waals surface area contributed by atoms with Crippen molar-refractivity contribution in [3.8, 4) is 16.9 Å². The number of likely N-dealkylation sites (N-methyl/N-ethyl adjacent to an activating group) is 2. The summed E-state index contributed by atoms with van der Waals surface area (Å²) in [6.45, 7) is 11.9. The summed E-state index contributed by atoms with van der Waals surface area (Å²) in [6.07, 6.45) is 1.22. The molecular weight excluding hydrogens is 474 g/mol. The summed E-state index contributed by atoms with van der Waals surface area (Å²) in [5.74, 6) is -0.735. The van der Waals surface area contributed by atoms with Crippen LogP contribution < -0.4 is 20.5 Å². The molecule has 3 amide bonds. The number of carbonyl (C=O) groups excluding carboxylic acids is 3. The van der Waals surface area contributed by atoms with Crippen LogP contribution in [0.25, 0.3) is 27.7 Å². The largest absolute Gasteiger partial charge is 0.482 e. The van der Waals surface area contributed by atoms with Crippen LogP contribution in [0.2, 0.25) is 0 Å². The van der Waals surface area contributed by atoms with Crippen molar-refractivity contribution in [3.05, 3.63) is 71.9 Å². The lowest BCUT2D eigenvalue weighted by Crippen LogP contribution is -2.39. The second-order valence-electron chi connectivity index (χ2n) is 8.40. The van der Waals surface area contributed by atoms with Gasteiger partial charge in [0.2, 0.25) is 0 Å². The Morgan fingerprint density at radius 2 is 1.86 bits per heavy atom. The first-order valence-electron chi connectivity index (χ1n) is 11.7. The normalized spacial score (nSPS) is 12.5. The standard InChI is InChI=1S/C27H27N5O5/c1-6-31(7-2)26(35)16(3)29-25(34)17(4)32-15-28-24-19(9-8-10-20(24)27(32)36)18-11-12-22-21(13-18)30(5)23(33)14-37-22/h8-13,15H,3-4,6-7,14H2,1-2,5H3,(H,29,34). The Hall–Kier alpha value is -4.73. The van der Waals surface area contributed by atoms with Gasteiger partial charge in [-0.05, 0) is 37.6 Å². The molecule has 0 atom stereocenters. The number of nitrogens with one attached hydrogen (secondary N) is 1. The Balaban J connectivity index is 1.66. The molecule has 2 heterocycles. The van der Waals surface area contributed by atoms with Crippen molar-refractivity contribution < 1.29 is 19.1 Å². The Kier molecular flexibility index (Phi) is 6.92. The van der Waals surface area contributed by atoms with Crippen molar-refractivity contribution in [3.63, 3.8) is 0 Å². The molecule has 0 bridgehead atoms. The molecule has 0 fully saturated rings. The summed E-state index contributed by atoms with van der Waals surface area (Å²) in [6, 6.07) is 10.5. The second kappa shape index (κ2) is 10.1. The van der Waals surface area contributed by atoms with Crippen LogP contribution in [0, 0.1) is 0 Å². The summed E-state index contributed by atoms with van der Waals surface area (Å²) in [5, 5.41) is 2.69. The lowest BCUT2D eigenvalue weighted by molar-refractivity contribution is -0.128.